The summed E-state index contributed by atoms with van der Waals surface area (Å²) in [7, 11) is 0. The molecule has 6 heteroatoms. The van der Waals surface area contributed by atoms with Crippen LogP contribution in [0.2, 0.25) is 0 Å². The van der Waals surface area contributed by atoms with Crippen LogP contribution in [-0.2, 0) is 6.18 Å². The minimum Gasteiger partial charge on any atom is -0.314 e. The molecule has 3 nitrogen and oxygen atoms in total. The number of halogens is 3. The Morgan fingerprint density at radius 2 is 1.95 bits per heavy atom. The third-order valence-corrected chi connectivity index (χ3v) is 3.87. The topological polar surface area (TPSA) is 29.9 Å². The number of rotatable bonds is 3. The lowest BCUT2D eigenvalue weighted by molar-refractivity contribution is -0.137. The molecule has 1 aromatic carbocycles. The number of nitrogens with zero attached hydrogens (tertiary/aromatic N) is 2. The number of alkyl halides is 3. The van der Waals surface area contributed by atoms with E-state index in [2.05, 4.69) is 10.4 Å². The van der Waals surface area contributed by atoms with Crippen molar-refractivity contribution in [2.75, 3.05) is 13.1 Å². The van der Waals surface area contributed by atoms with Gasteiger partial charge in [-0.25, -0.2) is 0 Å². The Morgan fingerprint density at radius 1 is 1.18 bits per heavy atom. The molecule has 2 unspecified atom stereocenters. The Hall–Kier alpha value is -2.08. The van der Waals surface area contributed by atoms with Gasteiger partial charge in [0.05, 0.1) is 11.6 Å². The molecule has 0 aliphatic carbocycles. The van der Waals surface area contributed by atoms with Crippen LogP contribution in [0.4, 0.5) is 13.2 Å². The molecule has 1 aromatic heterocycles. The van der Waals surface area contributed by atoms with Crippen LogP contribution in [0.1, 0.15) is 17.2 Å². The van der Waals surface area contributed by atoms with Crippen LogP contribution in [0, 0.1) is 5.92 Å². The van der Waals surface area contributed by atoms with E-state index in [1.807, 2.05) is 29.1 Å². The third-order valence-electron chi connectivity index (χ3n) is 3.87. The first-order valence-corrected chi connectivity index (χ1v) is 7.09. The van der Waals surface area contributed by atoms with Crippen molar-refractivity contribution < 1.29 is 13.2 Å². The van der Waals surface area contributed by atoms with Gasteiger partial charge in [0.1, 0.15) is 0 Å². The Morgan fingerprint density at radius 3 is 2.59 bits per heavy atom. The maximum Gasteiger partial charge on any atom is 0.416 e. The fraction of sp³-hybridized carbons (Fsp3) is 0.312. The number of benzene rings is 1. The zero-order chi connectivity index (χ0) is 15.6. The van der Waals surface area contributed by atoms with Gasteiger partial charge in [0.2, 0.25) is 0 Å². The van der Waals surface area contributed by atoms with Crippen LogP contribution in [0.5, 0.6) is 0 Å². The summed E-state index contributed by atoms with van der Waals surface area (Å²) in [5.74, 6) is 0.266. The van der Waals surface area contributed by atoms with E-state index in [4.69, 9.17) is 0 Å². The highest BCUT2D eigenvalue weighted by atomic mass is 19.4. The fourth-order valence-electron chi connectivity index (χ4n) is 2.67. The van der Waals surface area contributed by atoms with Crippen LogP contribution in [0.3, 0.4) is 0 Å². The van der Waals surface area contributed by atoms with Gasteiger partial charge >= 0.3 is 6.18 Å². The minimum atomic E-state index is -4.29. The predicted octanol–water partition coefficient (Wildman–Crippen LogP) is 3.38. The van der Waals surface area contributed by atoms with Crippen LogP contribution < -0.4 is 5.32 Å². The molecule has 2 heterocycles. The highest BCUT2D eigenvalue weighted by molar-refractivity contribution is 5.50. The summed E-state index contributed by atoms with van der Waals surface area (Å²) in [4.78, 5) is 0. The molecule has 0 radical (unpaired) electrons. The lowest BCUT2D eigenvalue weighted by atomic mass is 10.0. The summed E-state index contributed by atoms with van der Waals surface area (Å²) in [6, 6.07) is 7.32. The van der Waals surface area contributed by atoms with Crippen LogP contribution in [0.15, 0.2) is 48.8 Å². The molecule has 1 aliphatic heterocycles. The van der Waals surface area contributed by atoms with Crippen molar-refractivity contribution in [1.29, 1.82) is 0 Å². The average Bonchev–Trinajstić information content (AvgIpc) is 3.15. The van der Waals surface area contributed by atoms with Gasteiger partial charge in [0.15, 0.2) is 0 Å². The lowest BCUT2D eigenvalue weighted by Gasteiger charge is -2.15. The summed E-state index contributed by atoms with van der Waals surface area (Å²) in [6.07, 6.45) is 3.29. The molecule has 2 atom stereocenters. The molecule has 0 bridgehead atoms. The Labute approximate surface area is 126 Å². The van der Waals surface area contributed by atoms with E-state index < -0.39 is 11.7 Å². The number of hydrogen-bond acceptors (Lipinski definition) is 2. The van der Waals surface area contributed by atoms with E-state index in [1.54, 1.807) is 6.20 Å². The van der Waals surface area contributed by atoms with Gasteiger partial charge < -0.3 is 5.32 Å². The summed E-state index contributed by atoms with van der Waals surface area (Å²) in [5.41, 5.74) is 0.140. The normalized spacial score (nSPS) is 22.5. The standard InChI is InChI=1S/C16H16F3N3/c17-16(18,19)14-6-3-12(4-7-14)2-5-13-10-20-11-15(13)22-9-1-8-21-22/h1-9,13,15,20H,10-11H2/b5-2+. The zero-order valence-electron chi connectivity index (χ0n) is 11.8. The SMILES string of the molecule is FC(F)(F)c1ccc(/C=C/C2CNCC2n2cccn2)cc1. The lowest BCUT2D eigenvalue weighted by Crippen LogP contribution is -2.17. The quantitative estimate of drug-likeness (QED) is 0.942. The van der Waals surface area contributed by atoms with Crippen molar-refractivity contribution in [3.63, 3.8) is 0 Å². The monoisotopic (exact) mass is 307 g/mol. The second kappa shape index (κ2) is 5.96. The number of aromatic nitrogens is 2. The summed E-state index contributed by atoms with van der Waals surface area (Å²) in [6.45, 7) is 1.67. The van der Waals surface area contributed by atoms with Gasteiger partial charge in [-0.2, -0.15) is 18.3 Å². The van der Waals surface area contributed by atoms with Crippen LogP contribution in [0.25, 0.3) is 6.08 Å². The second-order valence-electron chi connectivity index (χ2n) is 5.35. The smallest absolute Gasteiger partial charge is 0.314 e. The first kappa shape index (κ1) is 14.8. The van der Waals surface area contributed by atoms with E-state index in [1.165, 1.54) is 12.1 Å². The van der Waals surface area contributed by atoms with Gasteiger partial charge in [-0.3, -0.25) is 4.68 Å². The first-order chi connectivity index (χ1) is 10.5. The molecule has 1 fully saturated rings. The molecule has 0 spiro atoms. The maximum atomic E-state index is 12.5. The van der Waals surface area contributed by atoms with Gasteiger partial charge in [0.25, 0.3) is 0 Å². The number of nitrogens with one attached hydrogen (secondary N) is 1. The molecule has 1 saturated heterocycles. The summed E-state index contributed by atoms with van der Waals surface area (Å²) < 4.78 is 39.5. The van der Waals surface area contributed by atoms with Crippen molar-refractivity contribution in [1.82, 2.24) is 15.1 Å². The molecular weight excluding hydrogens is 291 g/mol. The summed E-state index contributed by atoms with van der Waals surface area (Å²) in [5, 5.41) is 7.58. The minimum absolute atomic E-state index is 0.237. The highest BCUT2D eigenvalue weighted by Gasteiger charge is 2.30. The Bertz CT molecular complexity index is 630. The van der Waals surface area contributed by atoms with Gasteiger partial charge in [0, 0.05) is 31.4 Å². The van der Waals surface area contributed by atoms with E-state index >= 15 is 0 Å². The predicted molar refractivity (Wildman–Crippen MR) is 78.1 cm³/mol. The van der Waals surface area contributed by atoms with Crippen LogP contribution >= 0.6 is 0 Å². The molecule has 0 amide bonds. The van der Waals surface area contributed by atoms with Crippen molar-refractivity contribution in [3.8, 4) is 0 Å². The van der Waals surface area contributed by atoms with Gasteiger partial charge in [-0.05, 0) is 23.8 Å². The van der Waals surface area contributed by atoms with E-state index in [-0.39, 0.29) is 12.0 Å². The Balaban J connectivity index is 1.71. The molecule has 1 aliphatic rings. The second-order valence-corrected chi connectivity index (χ2v) is 5.35. The van der Waals surface area contributed by atoms with E-state index in [0.29, 0.717) is 0 Å². The van der Waals surface area contributed by atoms with E-state index in [9.17, 15) is 13.2 Å². The van der Waals surface area contributed by atoms with Gasteiger partial charge in [-0.15, -0.1) is 0 Å². The third kappa shape index (κ3) is 3.22. The molecule has 116 valence electrons. The van der Waals surface area contributed by atoms with Crippen molar-refractivity contribution >= 4 is 6.08 Å². The Kier molecular flexibility index (Phi) is 4.02. The van der Waals surface area contributed by atoms with Crippen molar-refractivity contribution in [2.24, 2.45) is 5.92 Å². The van der Waals surface area contributed by atoms with Gasteiger partial charge in [-0.1, -0.05) is 24.3 Å². The molecular formula is C16H16F3N3. The maximum absolute atomic E-state index is 12.5. The van der Waals surface area contributed by atoms with E-state index in [0.717, 1.165) is 30.8 Å². The average molecular weight is 307 g/mol. The fourth-order valence-corrected chi connectivity index (χ4v) is 2.67. The molecule has 22 heavy (non-hydrogen) atoms. The van der Waals surface area contributed by atoms with Crippen LogP contribution in [-0.4, -0.2) is 22.9 Å². The highest BCUT2D eigenvalue weighted by Crippen LogP contribution is 2.29. The molecule has 0 saturated carbocycles. The van der Waals surface area contributed by atoms with Crippen molar-refractivity contribution in [3.05, 3.63) is 59.9 Å². The molecule has 2 aromatic rings. The number of hydrogen-bond donors (Lipinski definition) is 1. The largest absolute Gasteiger partial charge is 0.416 e. The van der Waals surface area contributed by atoms with Crippen molar-refractivity contribution in [2.45, 2.75) is 12.2 Å². The molecule has 3 rings (SSSR count). The first-order valence-electron chi connectivity index (χ1n) is 7.09. The molecule has 1 N–H and O–H groups in total. The zero-order valence-corrected chi connectivity index (χ0v) is 11.8. The summed E-state index contributed by atoms with van der Waals surface area (Å²) >= 11 is 0.